The molecule has 0 saturated heterocycles. The molecule has 109 heavy (non-hydrogen) atoms. The van der Waals surface area contributed by atoms with Crippen molar-refractivity contribution >= 4 is 61.5 Å². The predicted molar refractivity (Wildman–Crippen MR) is 403 cm³/mol. The molecule has 0 fully saturated rings. The number of halogens is 1. The predicted octanol–water partition coefficient (Wildman–Crippen LogP) is -3.12. The molecule has 0 atom stereocenters. The number of aliphatic hydroxyl groups excluding tert-OH is 6. The van der Waals surface area contributed by atoms with Crippen LogP contribution in [0.2, 0.25) is 0 Å². The maximum absolute atomic E-state index is 12.5. The van der Waals surface area contributed by atoms with Gasteiger partial charge >= 0.3 is 149 Å². The van der Waals surface area contributed by atoms with E-state index in [2.05, 4.69) is 22.9 Å². The first-order valence-corrected chi connectivity index (χ1v) is 45.8. The fraction of sp³-hybridized carbons (Fsp3) is 0.735. The van der Waals surface area contributed by atoms with Gasteiger partial charge in [0.25, 0.3) is 5.54 Å². The van der Waals surface area contributed by atoms with Gasteiger partial charge in [0.1, 0.15) is 19.8 Å². The number of rotatable bonds is 55. The third-order valence-electron chi connectivity index (χ3n) is 17.1. The van der Waals surface area contributed by atoms with Crippen molar-refractivity contribution in [3.05, 3.63) is 115 Å². The topological polar surface area (TPSA) is 461 Å². The van der Waals surface area contributed by atoms with E-state index >= 15 is 0 Å². The Hall–Kier alpha value is 2.08. The van der Waals surface area contributed by atoms with Gasteiger partial charge in [0.15, 0.2) is 0 Å². The Morgan fingerprint density at radius 1 is 0.367 bits per heavy atom. The molecule has 0 aromatic heterocycles. The molecule has 0 aliphatic rings. The third-order valence-corrected chi connectivity index (χ3v) is 26.8. The molecule has 3 aromatic carbocycles. The molecule has 41 heteroatoms. The average molecular weight is 1780 g/mol. The number of aryl methyl sites for hydroxylation is 8. The molecule has 0 amide bonds. The molecule has 30 nitrogen and oxygen atoms in total. The normalized spacial score (nSPS) is 12.1. The van der Waals surface area contributed by atoms with E-state index in [0.717, 1.165) is 77.5 Å². The largest absolute Gasteiger partial charge is 1.00 e. The van der Waals surface area contributed by atoms with E-state index < -0.39 is 92.4 Å². The Morgan fingerprint density at radius 3 is 0.761 bits per heavy atom. The summed E-state index contributed by atoms with van der Waals surface area (Å²) in [5.74, 6) is 0. The second-order valence-corrected chi connectivity index (χ2v) is 38.7. The van der Waals surface area contributed by atoms with E-state index in [1.165, 1.54) is 56.9 Å². The van der Waals surface area contributed by atoms with Crippen molar-refractivity contribution in [2.24, 2.45) is 10.8 Å². The van der Waals surface area contributed by atoms with Crippen LogP contribution < -0.4 is 138 Å². The Morgan fingerprint density at radius 2 is 0.578 bits per heavy atom. The Bertz CT molecular complexity index is 3000. The van der Waals surface area contributed by atoms with Crippen LogP contribution in [0.25, 0.3) is 0 Å². The maximum atomic E-state index is 12.5. The molecule has 6 N–H and O–H groups in total. The summed E-state index contributed by atoms with van der Waals surface area (Å²) >= 11 is 3.45. The molecular formula is C68H122BrNNa4O29P6. The van der Waals surface area contributed by atoms with Crippen molar-refractivity contribution < 1.29 is 251 Å². The first-order valence-electron chi connectivity index (χ1n) is 34.3. The van der Waals surface area contributed by atoms with Gasteiger partial charge in [-0.1, -0.05) is 133 Å². The number of alkyl halides is 1. The minimum atomic E-state index is -4.70. The molecule has 0 bridgehead atoms. The van der Waals surface area contributed by atoms with Crippen LogP contribution in [-0.2, 0) is 134 Å². The van der Waals surface area contributed by atoms with Gasteiger partial charge in [-0.15, -0.1) is 0 Å². The second kappa shape index (κ2) is 65.8. The molecule has 3 rings (SSSR count). The first-order chi connectivity index (χ1) is 49.0. The van der Waals surface area contributed by atoms with Crippen molar-refractivity contribution in [3.63, 3.8) is 0 Å². The Labute approximate surface area is 745 Å². The number of ether oxygens (including phenoxy) is 3. The van der Waals surface area contributed by atoms with Gasteiger partial charge in [-0.3, -0.25) is 28.4 Å². The van der Waals surface area contributed by atoms with Crippen molar-refractivity contribution in [1.29, 1.82) is 0 Å². The van der Waals surface area contributed by atoms with E-state index in [4.69, 9.17) is 60.6 Å². The average Bonchev–Trinajstić information content (AvgIpc) is 0.862. The molecule has 614 valence electrons. The van der Waals surface area contributed by atoms with Crippen molar-refractivity contribution in [3.8, 4) is 0 Å². The summed E-state index contributed by atoms with van der Waals surface area (Å²) in [6.45, 7) is 5.43. The van der Waals surface area contributed by atoms with Crippen molar-refractivity contribution in [1.82, 2.24) is 0 Å². The molecule has 0 unspecified atom stereocenters. The number of nitrogens with zero attached hydrogens (tertiary/aromatic N) is 1. The number of unbranched alkanes of at least 4 members (excludes halogenated alkanes) is 3. The summed E-state index contributed by atoms with van der Waals surface area (Å²) in [4.78, 5) is 53.8. The molecular weight excluding hydrogens is 1650 g/mol. The minimum Gasteiger partial charge on any atom is -0.811 e. The molecule has 0 aliphatic heterocycles. The van der Waals surface area contributed by atoms with E-state index in [0.29, 0.717) is 100.0 Å². The molecule has 0 saturated carbocycles. The van der Waals surface area contributed by atoms with Crippen LogP contribution in [-0.4, -0.2) is 214 Å². The van der Waals surface area contributed by atoms with Crippen molar-refractivity contribution in [2.45, 2.75) is 142 Å². The van der Waals surface area contributed by atoms with Gasteiger partial charge in [-0.2, -0.15) is 0 Å². The summed E-state index contributed by atoms with van der Waals surface area (Å²) in [6, 6.07) is 17.1. The standard InChI is InChI=1S/C24H44O9P2.C20H36O9P2.C15H25BrO6P2.C8H17NO5.CH4.4Na/c1-6-7-12-33-20-24(18-25,19-26)11-8-21-15-22(9-13-34(27,29-2)30-3)17-23(16-21)10-14-35(28,31-4)32-5;1-2-3-8-29-16-20(14-21,15-22)7-4-17-11-18(5-9-30(23,24)25)13-19(12-17)6-10-31(26,27)28;1-19-23(17,20-2)7-5-13-9-14(11-15(10-13)12-16)6-8-24(18,21-3)22-4;1-2-3-4-14-7-8(5-10,6-11)9(12)13;;;;;/h15-17,25-26H,6-14,18-20H2,1-5H3;11-13,21-22H,2-10,14-16H2,1H3,(H2,23,24,25)(H2,26,27,28);9-11H,5-8,12H2,1-4H3;10-11H,2-7H2,1H3;1H4;;;;/q;;;;;4*+1/p-4. The minimum absolute atomic E-state index is 0. The summed E-state index contributed by atoms with van der Waals surface area (Å²) in [6.07, 6.45) is 9.35. The fourth-order valence-corrected chi connectivity index (χ4v) is 15.4. The van der Waals surface area contributed by atoms with Crippen LogP contribution in [0.4, 0.5) is 0 Å². The smallest absolute Gasteiger partial charge is 0.811 e. The Balaban J connectivity index is -0.000000332. The molecule has 0 radical (unpaired) electrons. The zero-order valence-corrected chi connectivity index (χ0v) is 81.5. The number of nitro groups is 1. The quantitative estimate of drug-likeness (QED) is 0.00813. The zero-order valence-electron chi connectivity index (χ0n) is 66.5. The van der Waals surface area contributed by atoms with Crippen LogP contribution in [0, 0.1) is 20.9 Å². The van der Waals surface area contributed by atoms with Gasteiger partial charge in [-0.05, 0) is 146 Å². The van der Waals surface area contributed by atoms with Gasteiger partial charge in [-0.25, -0.2) is 0 Å². The van der Waals surface area contributed by atoms with E-state index in [1.807, 2.05) is 50.2 Å². The Kier molecular flexibility index (Phi) is 73.6. The summed E-state index contributed by atoms with van der Waals surface area (Å²) in [5.41, 5.74) is 4.48. The summed E-state index contributed by atoms with van der Waals surface area (Å²) < 4.78 is 128. The summed E-state index contributed by atoms with van der Waals surface area (Å²) in [5, 5.41) is 68.6. The molecule has 0 spiro atoms. The fourth-order valence-electron chi connectivity index (χ4n) is 9.82. The number of hydrogen-bond acceptors (Lipinski definition) is 29. The summed E-state index contributed by atoms with van der Waals surface area (Å²) in [7, 11) is -10.8. The maximum Gasteiger partial charge on any atom is 1.00 e. The van der Waals surface area contributed by atoms with E-state index in [-0.39, 0.29) is 197 Å². The molecule has 0 heterocycles. The number of aliphatic hydroxyl groups is 6. The van der Waals surface area contributed by atoms with E-state index in [9.17, 15) is 77.5 Å². The number of hydrogen-bond donors (Lipinski definition) is 6. The zero-order chi connectivity index (χ0) is 79.2. The second-order valence-electron chi connectivity index (χ2n) is 25.2. The van der Waals surface area contributed by atoms with Gasteiger partial charge in [0.05, 0.1) is 64.3 Å². The van der Waals surface area contributed by atoms with Crippen molar-refractivity contribution in [2.75, 3.05) is 173 Å². The van der Waals surface area contributed by atoms with Crippen LogP contribution in [0.15, 0.2) is 54.6 Å². The van der Waals surface area contributed by atoms with Crippen LogP contribution in [0.3, 0.4) is 0 Å². The van der Waals surface area contributed by atoms with Crippen LogP contribution in [0.1, 0.15) is 130 Å². The van der Waals surface area contributed by atoms with Gasteiger partial charge in [0, 0.05) is 97.8 Å². The van der Waals surface area contributed by atoms with Gasteiger partial charge in [0.2, 0.25) is 0 Å². The first kappa shape index (κ1) is 122. The molecule has 0 aliphatic carbocycles. The van der Waals surface area contributed by atoms with Crippen LogP contribution in [0.5, 0.6) is 0 Å². The SMILES string of the molecule is C.CCCCOCC(CO)(CO)CCc1cc(CCP(=O)(OC)OC)cc(CCP(=O)(OC)OC)c1.CCCCOCC(CO)(CO)CCc1cc(CCP(=O)([O-])[O-])cc(CCP(=O)([O-])[O-])c1.CCCCOCC(CO)(CO)[N+](=O)[O-].COP(=O)(CCc1cc(CBr)cc(CCP(=O)(OC)OC)c1)OC.[Na+].[Na+].[Na+].[Na+]. The van der Waals surface area contributed by atoms with Gasteiger partial charge < -0.3 is 110 Å². The third kappa shape index (κ3) is 52.1. The monoisotopic (exact) mass is 1770 g/mol. The van der Waals surface area contributed by atoms with Crippen LogP contribution >= 0.6 is 61.5 Å². The number of benzene rings is 3. The van der Waals surface area contributed by atoms with E-state index in [1.54, 1.807) is 18.2 Å². The molecule has 3 aromatic rings.